The maximum Gasteiger partial charge on any atom is 0.273 e. The minimum absolute atomic E-state index is 0.290. The molecule has 0 aromatic heterocycles. The smallest absolute Gasteiger partial charge is 0.273 e. The predicted molar refractivity (Wildman–Crippen MR) is 122 cm³/mol. The molecule has 0 atom stereocenters. The zero-order chi connectivity index (χ0) is 23.9. The summed E-state index contributed by atoms with van der Waals surface area (Å²) in [5, 5.41) is 0.808. The fraction of sp³-hybridized carbons (Fsp3) is 0.360. The highest BCUT2D eigenvalue weighted by atomic mass is 16.5. The molecule has 0 saturated carbocycles. The number of carbonyl (C=O) groups is 4. The van der Waals surface area contributed by atoms with E-state index in [9.17, 15) is 19.2 Å². The lowest BCUT2D eigenvalue weighted by molar-refractivity contribution is -0.127. The Morgan fingerprint density at radius 3 is 2.06 bits per heavy atom. The minimum Gasteiger partial charge on any atom is -0.496 e. The topological polar surface area (TPSA) is 92.8 Å². The van der Waals surface area contributed by atoms with E-state index in [1.165, 1.54) is 14.0 Å². The Morgan fingerprint density at radius 1 is 1.00 bits per heavy atom. The third-order valence-corrected chi connectivity index (χ3v) is 5.44. The van der Waals surface area contributed by atoms with E-state index in [-0.39, 0.29) is 5.56 Å². The Bertz CT molecular complexity index is 985. The molecular formula is C25H30N2O5. The summed E-state index contributed by atoms with van der Waals surface area (Å²) in [6.07, 6.45) is 2.62. The van der Waals surface area contributed by atoms with Crippen molar-refractivity contribution in [2.75, 3.05) is 7.11 Å². The first-order chi connectivity index (χ1) is 15.3. The van der Waals surface area contributed by atoms with Crippen molar-refractivity contribution in [1.29, 1.82) is 0 Å². The van der Waals surface area contributed by atoms with Crippen LogP contribution in [0, 0.1) is 0 Å². The van der Waals surface area contributed by atoms with E-state index in [4.69, 9.17) is 4.74 Å². The lowest BCUT2D eigenvalue weighted by atomic mass is 9.99. The molecule has 0 aliphatic heterocycles. The fourth-order valence-corrected chi connectivity index (χ4v) is 3.44. The number of benzene rings is 2. The second kappa shape index (κ2) is 10.7. The molecule has 7 nitrogen and oxygen atoms in total. The maximum absolute atomic E-state index is 13.5. The average Bonchev–Trinajstić information content (AvgIpc) is 2.84. The van der Waals surface area contributed by atoms with Gasteiger partial charge in [-0.3, -0.25) is 15.0 Å². The van der Waals surface area contributed by atoms with Gasteiger partial charge in [0.2, 0.25) is 0 Å². The molecule has 0 saturated heterocycles. The van der Waals surface area contributed by atoms with Gasteiger partial charge in [-0.1, -0.05) is 32.9 Å². The van der Waals surface area contributed by atoms with Crippen molar-refractivity contribution in [2.24, 2.45) is 0 Å². The molecule has 1 N–H and O–H groups in total. The van der Waals surface area contributed by atoms with Crippen LogP contribution in [0.15, 0.2) is 36.4 Å². The predicted octanol–water partition coefficient (Wildman–Crippen LogP) is 3.33. The van der Waals surface area contributed by atoms with Gasteiger partial charge in [-0.15, -0.1) is 0 Å². The lowest BCUT2D eigenvalue weighted by Gasteiger charge is -2.33. The van der Waals surface area contributed by atoms with Crippen LogP contribution in [0.3, 0.4) is 0 Å². The van der Waals surface area contributed by atoms with Crippen LogP contribution >= 0.6 is 0 Å². The third kappa shape index (κ3) is 5.04. The van der Waals surface area contributed by atoms with Crippen LogP contribution in [0.5, 0.6) is 5.75 Å². The van der Waals surface area contributed by atoms with Crippen molar-refractivity contribution >= 4 is 24.4 Å². The SMILES string of the molecule is CCc1cc(CC)cc(C(=O)N(NC(=O)c2cccc(OC)c2CC)C(C)(C=O)C=O)c1. The summed E-state index contributed by atoms with van der Waals surface area (Å²) in [4.78, 5) is 50.3. The molecule has 0 fully saturated rings. The summed E-state index contributed by atoms with van der Waals surface area (Å²) >= 11 is 0. The maximum atomic E-state index is 13.5. The number of rotatable bonds is 9. The van der Waals surface area contributed by atoms with E-state index < -0.39 is 17.4 Å². The highest BCUT2D eigenvalue weighted by molar-refractivity contribution is 6.04. The summed E-state index contributed by atoms with van der Waals surface area (Å²) in [5.74, 6) is -0.729. The summed E-state index contributed by atoms with van der Waals surface area (Å²) in [6.45, 7) is 7.10. The Hall–Kier alpha value is -3.48. The largest absolute Gasteiger partial charge is 0.496 e. The highest BCUT2D eigenvalue weighted by Crippen LogP contribution is 2.24. The molecule has 0 aliphatic carbocycles. The van der Waals surface area contributed by atoms with Crippen LogP contribution in [-0.2, 0) is 28.9 Å². The van der Waals surface area contributed by atoms with E-state index in [1.54, 1.807) is 30.3 Å². The number of aldehydes is 2. The van der Waals surface area contributed by atoms with Crippen LogP contribution in [0.4, 0.5) is 0 Å². The molecule has 0 unspecified atom stereocenters. The van der Waals surface area contributed by atoms with Crippen LogP contribution in [0.25, 0.3) is 0 Å². The van der Waals surface area contributed by atoms with Crippen molar-refractivity contribution < 1.29 is 23.9 Å². The number of hydrogen-bond acceptors (Lipinski definition) is 5. The van der Waals surface area contributed by atoms with Gasteiger partial charge in [0.05, 0.1) is 7.11 Å². The number of aryl methyl sites for hydroxylation is 2. The van der Waals surface area contributed by atoms with E-state index in [0.29, 0.717) is 48.7 Å². The molecule has 0 spiro atoms. The first-order valence-corrected chi connectivity index (χ1v) is 10.6. The molecule has 170 valence electrons. The van der Waals surface area contributed by atoms with Gasteiger partial charge in [0.1, 0.15) is 5.75 Å². The van der Waals surface area contributed by atoms with Crippen molar-refractivity contribution in [3.63, 3.8) is 0 Å². The lowest BCUT2D eigenvalue weighted by Crippen LogP contribution is -2.60. The molecule has 0 bridgehead atoms. The fourth-order valence-electron chi connectivity index (χ4n) is 3.44. The molecule has 2 aromatic rings. The molecular weight excluding hydrogens is 408 g/mol. The van der Waals surface area contributed by atoms with Crippen LogP contribution in [0.2, 0.25) is 0 Å². The Morgan fingerprint density at radius 2 is 1.59 bits per heavy atom. The first-order valence-electron chi connectivity index (χ1n) is 10.6. The molecule has 0 heterocycles. The van der Waals surface area contributed by atoms with Crippen molar-refractivity contribution in [3.05, 3.63) is 64.2 Å². The first kappa shape index (κ1) is 24.8. The van der Waals surface area contributed by atoms with Gasteiger partial charge in [-0.2, -0.15) is 0 Å². The van der Waals surface area contributed by atoms with Gasteiger partial charge in [-0.25, -0.2) is 5.01 Å². The molecule has 0 aliphatic rings. The number of methoxy groups -OCH3 is 1. The summed E-state index contributed by atoms with van der Waals surface area (Å²) in [5.41, 5.74) is 3.74. The number of carbonyl (C=O) groups excluding carboxylic acids is 4. The van der Waals surface area contributed by atoms with Gasteiger partial charge < -0.3 is 14.3 Å². The molecule has 2 rings (SSSR count). The molecule has 32 heavy (non-hydrogen) atoms. The number of hydrogen-bond donors (Lipinski definition) is 1. The molecule has 2 aromatic carbocycles. The Labute approximate surface area is 188 Å². The van der Waals surface area contributed by atoms with Gasteiger partial charge in [0, 0.05) is 16.7 Å². The molecule has 7 heteroatoms. The third-order valence-electron chi connectivity index (χ3n) is 5.44. The molecule has 2 amide bonds. The van der Waals surface area contributed by atoms with Crippen molar-refractivity contribution in [2.45, 2.75) is 52.5 Å². The number of nitrogens with zero attached hydrogens (tertiary/aromatic N) is 1. The second-order valence-corrected chi connectivity index (χ2v) is 7.63. The number of amides is 2. The monoisotopic (exact) mass is 438 g/mol. The van der Waals surface area contributed by atoms with E-state index in [1.807, 2.05) is 26.8 Å². The van der Waals surface area contributed by atoms with Crippen molar-refractivity contribution in [3.8, 4) is 5.75 Å². The van der Waals surface area contributed by atoms with E-state index in [2.05, 4.69) is 5.43 Å². The Balaban J connectivity index is 2.55. The number of nitrogens with one attached hydrogen (secondary N) is 1. The van der Waals surface area contributed by atoms with E-state index in [0.717, 1.165) is 16.1 Å². The van der Waals surface area contributed by atoms with Gasteiger partial charge in [-0.05, 0) is 61.6 Å². The van der Waals surface area contributed by atoms with Crippen molar-refractivity contribution in [1.82, 2.24) is 10.4 Å². The minimum atomic E-state index is -1.88. The van der Waals surface area contributed by atoms with Gasteiger partial charge >= 0.3 is 0 Å². The summed E-state index contributed by atoms with van der Waals surface area (Å²) in [7, 11) is 1.51. The zero-order valence-electron chi connectivity index (χ0n) is 19.2. The van der Waals surface area contributed by atoms with Crippen LogP contribution < -0.4 is 10.2 Å². The standard InChI is InChI=1S/C25H30N2O5/c1-6-17-12-18(7-2)14-19(13-17)24(31)27(25(4,15-28)16-29)26-23(30)21-10-9-11-22(32-5)20(21)8-3/h9-16H,6-8H2,1-5H3,(H,26,30). The molecule has 0 radical (unpaired) electrons. The highest BCUT2D eigenvalue weighted by Gasteiger charge is 2.38. The van der Waals surface area contributed by atoms with E-state index >= 15 is 0 Å². The van der Waals surface area contributed by atoms with Crippen LogP contribution in [0.1, 0.15) is 65.1 Å². The quantitative estimate of drug-likeness (QED) is 0.368. The van der Waals surface area contributed by atoms with Crippen LogP contribution in [-0.4, -0.2) is 42.0 Å². The summed E-state index contributed by atoms with van der Waals surface area (Å²) < 4.78 is 5.34. The second-order valence-electron chi connectivity index (χ2n) is 7.63. The number of hydrazine groups is 1. The van der Waals surface area contributed by atoms with Gasteiger partial charge in [0.25, 0.3) is 11.8 Å². The normalized spacial score (nSPS) is 10.9. The number of ether oxygens (including phenoxy) is 1. The zero-order valence-corrected chi connectivity index (χ0v) is 19.2. The van der Waals surface area contributed by atoms with Gasteiger partial charge in [0.15, 0.2) is 18.1 Å². The summed E-state index contributed by atoms with van der Waals surface area (Å²) in [6, 6.07) is 10.4. The average molecular weight is 439 g/mol. The Kier molecular flexibility index (Phi) is 8.29.